The molecule has 0 aliphatic rings. The molecule has 6 nitrogen and oxygen atoms in total. The zero-order valence-electron chi connectivity index (χ0n) is 14.3. The summed E-state index contributed by atoms with van der Waals surface area (Å²) in [5, 5.41) is 2.79. The molecule has 128 valence electrons. The Hall–Kier alpha value is -1.95. The van der Waals surface area contributed by atoms with E-state index in [1.165, 1.54) is 0 Å². The van der Waals surface area contributed by atoms with Gasteiger partial charge in [0.1, 0.15) is 5.82 Å². The van der Waals surface area contributed by atoms with Gasteiger partial charge in [-0.2, -0.15) is 0 Å². The predicted octanol–water partition coefficient (Wildman–Crippen LogP) is 2.38. The number of carbonyl (C=O) groups excluding carboxylic acids is 2. The van der Waals surface area contributed by atoms with Gasteiger partial charge in [-0.3, -0.25) is 14.5 Å². The molecule has 0 saturated carbocycles. The number of esters is 1. The zero-order chi connectivity index (χ0) is 17.1. The number of nitrogens with zero attached hydrogens (tertiary/aromatic N) is 2. The van der Waals surface area contributed by atoms with Gasteiger partial charge in [0.25, 0.3) is 0 Å². The van der Waals surface area contributed by atoms with Crippen molar-refractivity contribution >= 4 is 17.7 Å². The standard InChI is InChI=1S/C17H27N3O3/c1-4-23-17(22)8-6-5-7-11-20(3)13-16(21)19-15-12-14(2)9-10-18-15/h9-10,12H,4-8,11,13H2,1-3H3,(H,18,19,21). The number of aryl methyl sites for hydroxylation is 1. The van der Waals surface area contributed by atoms with Crippen LogP contribution in [0.25, 0.3) is 0 Å². The molecule has 1 rings (SSSR count). The van der Waals surface area contributed by atoms with E-state index in [-0.39, 0.29) is 11.9 Å². The number of hydrogen-bond donors (Lipinski definition) is 1. The normalized spacial score (nSPS) is 10.6. The van der Waals surface area contributed by atoms with Crippen LogP contribution in [0.3, 0.4) is 0 Å². The molecular weight excluding hydrogens is 294 g/mol. The summed E-state index contributed by atoms with van der Waals surface area (Å²) in [6, 6.07) is 3.73. The number of pyridine rings is 1. The van der Waals surface area contributed by atoms with E-state index in [9.17, 15) is 9.59 Å². The molecule has 0 fully saturated rings. The molecule has 1 N–H and O–H groups in total. The highest BCUT2D eigenvalue weighted by Crippen LogP contribution is 2.06. The van der Waals surface area contributed by atoms with Crippen molar-refractivity contribution in [1.29, 1.82) is 0 Å². The molecule has 0 aliphatic heterocycles. The molecule has 0 spiro atoms. The van der Waals surface area contributed by atoms with Crippen LogP contribution in [-0.2, 0) is 14.3 Å². The monoisotopic (exact) mass is 321 g/mol. The Kier molecular flexibility index (Phi) is 8.90. The van der Waals surface area contributed by atoms with Crippen LogP contribution >= 0.6 is 0 Å². The minimum absolute atomic E-state index is 0.0721. The summed E-state index contributed by atoms with van der Waals surface area (Å²) in [5.74, 6) is 0.376. The number of nitrogens with one attached hydrogen (secondary N) is 1. The summed E-state index contributed by atoms with van der Waals surface area (Å²) in [6.45, 7) is 5.35. The lowest BCUT2D eigenvalue weighted by molar-refractivity contribution is -0.143. The highest BCUT2D eigenvalue weighted by atomic mass is 16.5. The molecule has 0 bridgehead atoms. The fourth-order valence-corrected chi connectivity index (χ4v) is 2.17. The Balaban J connectivity index is 2.14. The van der Waals surface area contributed by atoms with Crippen LogP contribution in [0.2, 0.25) is 0 Å². The zero-order valence-corrected chi connectivity index (χ0v) is 14.3. The summed E-state index contributed by atoms with van der Waals surface area (Å²) < 4.78 is 4.88. The second-order valence-electron chi connectivity index (χ2n) is 5.62. The Morgan fingerprint density at radius 3 is 2.78 bits per heavy atom. The van der Waals surface area contributed by atoms with Gasteiger partial charge in [0, 0.05) is 12.6 Å². The average molecular weight is 321 g/mol. The van der Waals surface area contributed by atoms with Crippen LogP contribution in [0.5, 0.6) is 0 Å². The molecular formula is C17H27N3O3. The summed E-state index contributed by atoms with van der Waals surface area (Å²) in [4.78, 5) is 29.2. The van der Waals surface area contributed by atoms with Gasteiger partial charge >= 0.3 is 5.97 Å². The molecule has 23 heavy (non-hydrogen) atoms. The first-order chi connectivity index (χ1) is 11.0. The molecule has 1 heterocycles. The maximum Gasteiger partial charge on any atom is 0.305 e. The Labute approximate surface area is 138 Å². The predicted molar refractivity (Wildman–Crippen MR) is 90.2 cm³/mol. The molecule has 0 aromatic carbocycles. The summed E-state index contributed by atoms with van der Waals surface area (Å²) in [5.41, 5.74) is 1.06. The van der Waals surface area contributed by atoms with Crippen molar-refractivity contribution in [3.63, 3.8) is 0 Å². The summed E-state index contributed by atoms with van der Waals surface area (Å²) in [6.07, 6.45) is 4.87. The lowest BCUT2D eigenvalue weighted by atomic mass is 10.2. The van der Waals surface area contributed by atoms with Crippen molar-refractivity contribution in [2.75, 3.05) is 32.1 Å². The number of likely N-dealkylation sites (N-methyl/N-ethyl adjacent to an activating group) is 1. The van der Waals surface area contributed by atoms with Gasteiger partial charge in [-0.15, -0.1) is 0 Å². The van der Waals surface area contributed by atoms with Crippen molar-refractivity contribution in [1.82, 2.24) is 9.88 Å². The lowest BCUT2D eigenvalue weighted by Crippen LogP contribution is -2.31. The molecule has 0 atom stereocenters. The van der Waals surface area contributed by atoms with Crippen LogP contribution in [0.15, 0.2) is 18.3 Å². The second kappa shape index (κ2) is 10.7. The molecule has 0 aliphatic carbocycles. The number of aromatic nitrogens is 1. The molecule has 6 heteroatoms. The molecule has 0 saturated heterocycles. The number of ether oxygens (including phenoxy) is 1. The average Bonchev–Trinajstić information content (AvgIpc) is 2.47. The van der Waals surface area contributed by atoms with E-state index >= 15 is 0 Å². The molecule has 0 radical (unpaired) electrons. The van der Waals surface area contributed by atoms with E-state index in [1.807, 2.05) is 37.9 Å². The maximum atomic E-state index is 11.9. The van der Waals surface area contributed by atoms with Crippen LogP contribution in [-0.4, -0.2) is 48.5 Å². The van der Waals surface area contributed by atoms with Gasteiger partial charge in [0.05, 0.1) is 13.2 Å². The molecule has 0 unspecified atom stereocenters. The fraction of sp³-hybridized carbons (Fsp3) is 0.588. The smallest absolute Gasteiger partial charge is 0.305 e. The molecule has 1 aromatic heterocycles. The van der Waals surface area contributed by atoms with Crippen molar-refractivity contribution < 1.29 is 14.3 Å². The van der Waals surface area contributed by atoms with E-state index in [0.29, 0.717) is 25.4 Å². The number of carbonyl (C=O) groups is 2. The van der Waals surface area contributed by atoms with E-state index in [2.05, 4.69) is 10.3 Å². The molecule has 1 amide bonds. The number of amides is 1. The van der Waals surface area contributed by atoms with E-state index in [4.69, 9.17) is 4.74 Å². The third-order valence-corrected chi connectivity index (χ3v) is 3.32. The van der Waals surface area contributed by atoms with Crippen molar-refractivity contribution in [2.24, 2.45) is 0 Å². The van der Waals surface area contributed by atoms with Gasteiger partial charge in [-0.25, -0.2) is 4.98 Å². The largest absolute Gasteiger partial charge is 0.466 e. The first-order valence-corrected chi connectivity index (χ1v) is 8.08. The number of rotatable bonds is 10. The van der Waals surface area contributed by atoms with E-state index in [0.717, 1.165) is 31.4 Å². The van der Waals surface area contributed by atoms with Crippen molar-refractivity contribution in [3.05, 3.63) is 23.9 Å². The van der Waals surface area contributed by atoms with Crippen LogP contribution in [0, 0.1) is 6.92 Å². The van der Waals surface area contributed by atoms with Gasteiger partial charge in [0.2, 0.25) is 5.91 Å². The van der Waals surface area contributed by atoms with Crippen molar-refractivity contribution in [3.8, 4) is 0 Å². The Morgan fingerprint density at radius 1 is 1.30 bits per heavy atom. The Morgan fingerprint density at radius 2 is 2.09 bits per heavy atom. The maximum absolute atomic E-state index is 11.9. The van der Waals surface area contributed by atoms with Gasteiger partial charge in [0.15, 0.2) is 0 Å². The van der Waals surface area contributed by atoms with Gasteiger partial charge in [-0.1, -0.05) is 6.42 Å². The number of unbranched alkanes of at least 4 members (excludes halogenated alkanes) is 2. The number of anilines is 1. The van der Waals surface area contributed by atoms with Crippen molar-refractivity contribution in [2.45, 2.75) is 39.5 Å². The van der Waals surface area contributed by atoms with Gasteiger partial charge in [-0.05, 0) is 58.0 Å². The number of hydrogen-bond acceptors (Lipinski definition) is 5. The minimum atomic E-state index is -0.133. The first kappa shape index (κ1) is 19.1. The molecule has 1 aromatic rings. The topological polar surface area (TPSA) is 71.5 Å². The summed E-state index contributed by atoms with van der Waals surface area (Å²) in [7, 11) is 1.91. The lowest BCUT2D eigenvalue weighted by Gasteiger charge is -2.16. The van der Waals surface area contributed by atoms with Crippen LogP contribution in [0.4, 0.5) is 5.82 Å². The summed E-state index contributed by atoms with van der Waals surface area (Å²) >= 11 is 0. The highest BCUT2D eigenvalue weighted by molar-refractivity contribution is 5.91. The Bertz CT molecular complexity index is 506. The van der Waals surface area contributed by atoms with E-state index in [1.54, 1.807) is 6.20 Å². The minimum Gasteiger partial charge on any atom is -0.466 e. The third kappa shape index (κ3) is 8.93. The second-order valence-corrected chi connectivity index (χ2v) is 5.62. The fourth-order valence-electron chi connectivity index (χ4n) is 2.17. The van der Waals surface area contributed by atoms with E-state index < -0.39 is 0 Å². The SMILES string of the molecule is CCOC(=O)CCCCCN(C)CC(=O)Nc1cc(C)ccn1. The quantitative estimate of drug-likeness (QED) is 0.529. The third-order valence-electron chi connectivity index (χ3n) is 3.32. The first-order valence-electron chi connectivity index (χ1n) is 8.08. The van der Waals surface area contributed by atoms with Gasteiger partial charge < -0.3 is 10.1 Å². The van der Waals surface area contributed by atoms with Crippen LogP contribution < -0.4 is 5.32 Å². The van der Waals surface area contributed by atoms with Crippen LogP contribution in [0.1, 0.15) is 38.2 Å². The highest BCUT2D eigenvalue weighted by Gasteiger charge is 2.08.